The SMILES string of the molecule is COc1ccc(/C=C2\SC(=Nc3ccc(NC(C)=O)cc3)NC2=O)cc1. The molecule has 0 saturated carbocycles. The number of hydrogen-bond donors (Lipinski definition) is 2. The number of benzene rings is 2. The Balaban J connectivity index is 1.72. The first-order valence-corrected chi connectivity index (χ1v) is 8.66. The molecule has 2 N–H and O–H groups in total. The maximum atomic E-state index is 12.1. The van der Waals surface area contributed by atoms with E-state index >= 15 is 0 Å². The van der Waals surface area contributed by atoms with Gasteiger partial charge in [-0.1, -0.05) is 12.1 Å². The Labute approximate surface area is 155 Å². The van der Waals surface area contributed by atoms with Crippen LogP contribution in [-0.2, 0) is 9.59 Å². The summed E-state index contributed by atoms with van der Waals surface area (Å²) in [5.74, 6) is 0.455. The summed E-state index contributed by atoms with van der Waals surface area (Å²) in [5, 5.41) is 5.96. The molecule has 1 aliphatic rings. The van der Waals surface area contributed by atoms with E-state index in [0.717, 1.165) is 11.3 Å². The zero-order valence-electron chi connectivity index (χ0n) is 14.3. The molecule has 0 aliphatic carbocycles. The lowest BCUT2D eigenvalue weighted by Crippen LogP contribution is -2.19. The third kappa shape index (κ3) is 4.52. The lowest BCUT2D eigenvalue weighted by molar-refractivity contribution is -0.115. The molecule has 1 fully saturated rings. The molecule has 0 atom stereocenters. The molecule has 7 heteroatoms. The number of carbonyl (C=O) groups is 2. The summed E-state index contributed by atoms with van der Waals surface area (Å²) in [6.07, 6.45) is 1.81. The number of nitrogens with one attached hydrogen (secondary N) is 2. The van der Waals surface area contributed by atoms with Crippen molar-refractivity contribution in [3.63, 3.8) is 0 Å². The molecule has 1 heterocycles. The van der Waals surface area contributed by atoms with Crippen LogP contribution in [0.25, 0.3) is 6.08 Å². The molecule has 132 valence electrons. The van der Waals surface area contributed by atoms with Gasteiger partial charge in [-0.15, -0.1) is 0 Å². The first-order valence-electron chi connectivity index (χ1n) is 7.85. The monoisotopic (exact) mass is 367 g/mol. The fraction of sp³-hybridized carbons (Fsp3) is 0.105. The summed E-state index contributed by atoms with van der Waals surface area (Å²) in [6.45, 7) is 1.45. The Kier molecular flexibility index (Phi) is 5.38. The van der Waals surface area contributed by atoms with Crippen molar-refractivity contribution >= 4 is 46.2 Å². The summed E-state index contributed by atoms with van der Waals surface area (Å²) in [5.41, 5.74) is 2.29. The van der Waals surface area contributed by atoms with Crippen LogP contribution in [0.2, 0.25) is 0 Å². The van der Waals surface area contributed by atoms with Gasteiger partial charge in [0.15, 0.2) is 5.17 Å². The summed E-state index contributed by atoms with van der Waals surface area (Å²) in [4.78, 5) is 28.2. The first-order chi connectivity index (χ1) is 12.5. The Hall–Kier alpha value is -3.06. The minimum atomic E-state index is -0.181. The van der Waals surface area contributed by atoms with Gasteiger partial charge in [-0.25, -0.2) is 4.99 Å². The van der Waals surface area contributed by atoms with E-state index in [1.165, 1.54) is 18.7 Å². The van der Waals surface area contributed by atoms with Gasteiger partial charge in [-0.2, -0.15) is 0 Å². The van der Waals surface area contributed by atoms with E-state index in [1.54, 1.807) is 31.4 Å². The molecule has 2 amide bonds. The number of amidine groups is 1. The van der Waals surface area contributed by atoms with Gasteiger partial charge >= 0.3 is 0 Å². The van der Waals surface area contributed by atoms with Crippen LogP contribution in [0.3, 0.4) is 0 Å². The molecule has 0 spiro atoms. The van der Waals surface area contributed by atoms with Crippen molar-refractivity contribution in [3.8, 4) is 5.75 Å². The number of methoxy groups -OCH3 is 1. The Bertz CT molecular complexity index is 887. The van der Waals surface area contributed by atoms with Gasteiger partial charge in [-0.3, -0.25) is 9.59 Å². The molecule has 1 saturated heterocycles. The quantitative estimate of drug-likeness (QED) is 0.810. The number of amides is 2. The highest BCUT2D eigenvalue weighted by Gasteiger charge is 2.23. The van der Waals surface area contributed by atoms with E-state index in [1.807, 2.05) is 30.3 Å². The predicted octanol–water partition coefficient (Wildman–Crippen LogP) is 3.55. The van der Waals surface area contributed by atoms with Crippen molar-refractivity contribution in [2.24, 2.45) is 4.99 Å². The van der Waals surface area contributed by atoms with Crippen LogP contribution in [0.5, 0.6) is 5.75 Å². The van der Waals surface area contributed by atoms with Crippen molar-refractivity contribution in [1.29, 1.82) is 0 Å². The second-order valence-corrected chi connectivity index (χ2v) is 6.51. The second-order valence-electron chi connectivity index (χ2n) is 5.48. The number of ether oxygens (including phenoxy) is 1. The highest BCUT2D eigenvalue weighted by molar-refractivity contribution is 8.18. The molecule has 1 aliphatic heterocycles. The average molecular weight is 367 g/mol. The summed E-state index contributed by atoms with van der Waals surface area (Å²) >= 11 is 1.28. The van der Waals surface area contributed by atoms with Gasteiger partial charge in [0.2, 0.25) is 5.91 Å². The lowest BCUT2D eigenvalue weighted by Gasteiger charge is -2.02. The number of aliphatic imine (C=N–C) groups is 1. The maximum Gasteiger partial charge on any atom is 0.264 e. The molecule has 26 heavy (non-hydrogen) atoms. The minimum absolute atomic E-state index is 0.129. The molecule has 0 bridgehead atoms. The number of carbonyl (C=O) groups excluding carboxylic acids is 2. The average Bonchev–Trinajstić information content (AvgIpc) is 2.96. The van der Waals surface area contributed by atoms with E-state index in [9.17, 15) is 9.59 Å². The van der Waals surface area contributed by atoms with Crippen molar-refractivity contribution in [1.82, 2.24) is 5.32 Å². The summed E-state index contributed by atoms with van der Waals surface area (Å²) < 4.78 is 5.13. The highest BCUT2D eigenvalue weighted by atomic mass is 32.2. The third-order valence-electron chi connectivity index (χ3n) is 3.48. The number of rotatable bonds is 4. The molecule has 0 radical (unpaired) electrons. The largest absolute Gasteiger partial charge is 0.497 e. The molecular weight excluding hydrogens is 350 g/mol. The van der Waals surface area contributed by atoms with E-state index in [0.29, 0.717) is 21.4 Å². The molecular formula is C19H17N3O3S. The number of nitrogens with zero attached hydrogens (tertiary/aromatic N) is 1. The molecule has 3 rings (SSSR count). The maximum absolute atomic E-state index is 12.1. The van der Waals surface area contributed by atoms with Crippen molar-refractivity contribution < 1.29 is 14.3 Å². The summed E-state index contributed by atoms with van der Waals surface area (Å²) in [6, 6.07) is 14.5. The van der Waals surface area contributed by atoms with Gasteiger partial charge in [0, 0.05) is 12.6 Å². The Morgan fingerprint density at radius 1 is 1.15 bits per heavy atom. The van der Waals surface area contributed by atoms with Crippen molar-refractivity contribution in [2.75, 3.05) is 12.4 Å². The van der Waals surface area contributed by atoms with Crippen LogP contribution >= 0.6 is 11.8 Å². The highest BCUT2D eigenvalue weighted by Crippen LogP contribution is 2.28. The molecule has 0 aromatic heterocycles. The van der Waals surface area contributed by atoms with Gasteiger partial charge < -0.3 is 15.4 Å². The third-order valence-corrected chi connectivity index (χ3v) is 4.39. The Morgan fingerprint density at radius 2 is 1.85 bits per heavy atom. The van der Waals surface area contributed by atoms with E-state index < -0.39 is 0 Å². The molecule has 6 nitrogen and oxygen atoms in total. The van der Waals surface area contributed by atoms with Crippen molar-refractivity contribution in [3.05, 3.63) is 59.0 Å². The zero-order valence-corrected chi connectivity index (χ0v) is 15.1. The molecule has 0 unspecified atom stereocenters. The van der Waals surface area contributed by atoms with Crippen molar-refractivity contribution in [2.45, 2.75) is 6.92 Å². The van der Waals surface area contributed by atoms with Crippen LogP contribution in [0.4, 0.5) is 11.4 Å². The predicted molar refractivity (Wildman–Crippen MR) is 105 cm³/mol. The Morgan fingerprint density at radius 3 is 2.46 bits per heavy atom. The normalized spacial score (nSPS) is 16.6. The fourth-order valence-electron chi connectivity index (χ4n) is 2.27. The smallest absolute Gasteiger partial charge is 0.264 e. The topological polar surface area (TPSA) is 79.8 Å². The van der Waals surface area contributed by atoms with Gasteiger partial charge in [-0.05, 0) is 59.8 Å². The van der Waals surface area contributed by atoms with E-state index in [2.05, 4.69) is 15.6 Å². The van der Waals surface area contributed by atoms with E-state index in [-0.39, 0.29) is 11.8 Å². The number of hydrogen-bond acceptors (Lipinski definition) is 5. The van der Waals surface area contributed by atoms with Gasteiger partial charge in [0.1, 0.15) is 5.75 Å². The molecule has 2 aromatic carbocycles. The van der Waals surface area contributed by atoms with Crippen LogP contribution in [0, 0.1) is 0 Å². The fourth-order valence-corrected chi connectivity index (χ4v) is 3.11. The summed E-state index contributed by atoms with van der Waals surface area (Å²) in [7, 11) is 1.61. The van der Waals surface area contributed by atoms with Crippen LogP contribution in [0.15, 0.2) is 58.4 Å². The first kappa shape index (κ1) is 17.8. The number of anilines is 1. The lowest BCUT2D eigenvalue weighted by atomic mass is 10.2. The standard InChI is InChI=1S/C19H17N3O3S/c1-12(23)20-14-5-7-15(8-6-14)21-19-22-18(24)17(26-19)11-13-3-9-16(25-2)10-4-13/h3-11H,1-2H3,(H,20,23)(H,21,22,24)/b17-11-. The van der Waals surface area contributed by atoms with Crippen LogP contribution < -0.4 is 15.4 Å². The number of thioether (sulfide) groups is 1. The van der Waals surface area contributed by atoms with Gasteiger partial charge in [0.25, 0.3) is 5.91 Å². The van der Waals surface area contributed by atoms with Crippen LogP contribution in [-0.4, -0.2) is 24.1 Å². The van der Waals surface area contributed by atoms with E-state index in [4.69, 9.17) is 4.74 Å². The van der Waals surface area contributed by atoms with Crippen LogP contribution in [0.1, 0.15) is 12.5 Å². The van der Waals surface area contributed by atoms with Gasteiger partial charge in [0.05, 0.1) is 17.7 Å². The minimum Gasteiger partial charge on any atom is -0.497 e. The molecule has 2 aromatic rings. The zero-order chi connectivity index (χ0) is 18.5. The second kappa shape index (κ2) is 7.88.